The smallest absolute Gasteiger partial charge is 0.416 e. The number of ether oxygens (including phenoxy) is 1. The summed E-state index contributed by atoms with van der Waals surface area (Å²) in [4.78, 5) is 27.1. The molecule has 2 aromatic heterocycles. The Kier molecular flexibility index (Phi) is 8.04. The lowest BCUT2D eigenvalue weighted by molar-refractivity contribution is -0.137. The van der Waals surface area contributed by atoms with Crippen molar-refractivity contribution in [1.82, 2.24) is 24.4 Å². The molecule has 0 radical (unpaired) electrons. The third-order valence-corrected chi connectivity index (χ3v) is 7.98. The van der Waals surface area contributed by atoms with Crippen LogP contribution in [0.4, 0.5) is 18.0 Å². The average molecular weight is 600 g/mol. The summed E-state index contributed by atoms with van der Waals surface area (Å²) in [5.74, 6) is 0.469. The van der Waals surface area contributed by atoms with Crippen LogP contribution in [-0.4, -0.2) is 58.3 Å². The van der Waals surface area contributed by atoms with E-state index in [4.69, 9.17) is 9.72 Å². The van der Waals surface area contributed by atoms with E-state index in [1.165, 1.54) is 24.4 Å². The number of carbonyl (C=O) groups is 1. The molecule has 1 saturated heterocycles. The van der Waals surface area contributed by atoms with Crippen LogP contribution >= 0.6 is 0 Å². The van der Waals surface area contributed by atoms with Crippen LogP contribution in [-0.2, 0) is 34.4 Å². The molecular formula is C29H28F3N5O4S. The molecule has 3 heterocycles. The molecule has 4 aromatic rings. The van der Waals surface area contributed by atoms with E-state index in [1.807, 2.05) is 30.3 Å². The first-order valence-electron chi connectivity index (χ1n) is 13.1. The Balaban J connectivity index is 1.45. The predicted octanol–water partition coefficient (Wildman–Crippen LogP) is 5.48. The zero-order valence-electron chi connectivity index (χ0n) is 22.9. The zero-order valence-corrected chi connectivity index (χ0v) is 23.7. The molecule has 0 N–H and O–H groups in total. The Labute approximate surface area is 240 Å². The number of alkyl halides is 3. The summed E-state index contributed by atoms with van der Waals surface area (Å²) in [5.41, 5.74) is 1.07. The predicted molar refractivity (Wildman–Crippen MR) is 148 cm³/mol. The van der Waals surface area contributed by atoms with Crippen LogP contribution in [0.3, 0.4) is 0 Å². The van der Waals surface area contributed by atoms with Crippen molar-refractivity contribution in [1.29, 1.82) is 0 Å². The SMILES string of the molecule is Cn1c(C2CCN(C(=O)OCc3ccccc3)CC2)nc(-c2cccc(C(F)(F)F)c2)c1-c1ccnc(S(C)(=O)=O)n1. The highest BCUT2D eigenvalue weighted by molar-refractivity contribution is 7.90. The molecule has 0 spiro atoms. The Morgan fingerprint density at radius 3 is 2.40 bits per heavy atom. The molecule has 0 unspecified atom stereocenters. The molecule has 0 bridgehead atoms. The van der Waals surface area contributed by atoms with Gasteiger partial charge in [0.05, 0.1) is 22.6 Å². The minimum atomic E-state index is -4.56. The van der Waals surface area contributed by atoms with Crippen molar-refractivity contribution in [3.8, 4) is 22.6 Å². The number of carbonyl (C=O) groups excluding carboxylic acids is 1. The van der Waals surface area contributed by atoms with E-state index in [0.29, 0.717) is 37.4 Å². The number of hydrogen-bond acceptors (Lipinski definition) is 7. The van der Waals surface area contributed by atoms with E-state index < -0.39 is 32.8 Å². The van der Waals surface area contributed by atoms with Crippen molar-refractivity contribution in [2.45, 2.75) is 36.7 Å². The third-order valence-electron chi connectivity index (χ3n) is 7.12. The van der Waals surface area contributed by atoms with Crippen LogP contribution in [0.2, 0.25) is 0 Å². The first-order chi connectivity index (χ1) is 19.9. The monoisotopic (exact) mass is 599 g/mol. The molecule has 1 aliphatic rings. The van der Waals surface area contributed by atoms with Gasteiger partial charge in [0.2, 0.25) is 15.0 Å². The van der Waals surface area contributed by atoms with Crippen molar-refractivity contribution in [3.63, 3.8) is 0 Å². The fourth-order valence-electron chi connectivity index (χ4n) is 5.00. The number of hydrogen-bond donors (Lipinski definition) is 0. The number of nitrogens with zero attached hydrogens (tertiary/aromatic N) is 5. The second-order valence-electron chi connectivity index (χ2n) is 10.1. The number of rotatable bonds is 6. The van der Waals surface area contributed by atoms with Crippen LogP contribution < -0.4 is 0 Å². The highest BCUT2D eigenvalue weighted by atomic mass is 32.2. The van der Waals surface area contributed by atoms with Gasteiger partial charge < -0.3 is 14.2 Å². The van der Waals surface area contributed by atoms with Crippen LogP contribution in [0, 0.1) is 0 Å². The Morgan fingerprint density at radius 2 is 1.74 bits per heavy atom. The van der Waals surface area contributed by atoms with Gasteiger partial charge in [0.1, 0.15) is 12.4 Å². The van der Waals surface area contributed by atoms with Gasteiger partial charge in [-0.1, -0.05) is 42.5 Å². The molecule has 13 heteroatoms. The molecule has 42 heavy (non-hydrogen) atoms. The fourth-order valence-corrected chi connectivity index (χ4v) is 5.52. The quantitative estimate of drug-likeness (QED) is 0.270. The number of likely N-dealkylation sites (tertiary alicyclic amines) is 1. The van der Waals surface area contributed by atoms with Crippen LogP contribution in [0.1, 0.15) is 35.7 Å². The van der Waals surface area contributed by atoms with E-state index in [1.54, 1.807) is 16.5 Å². The van der Waals surface area contributed by atoms with Crippen molar-refractivity contribution in [3.05, 3.63) is 83.8 Å². The lowest BCUT2D eigenvalue weighted by Crippen LogP contribution is -2.38. The molecule has 2 aromatic carbocycles. The Bertz CT molecular complexity index is 1700. The summed E-state index contributed by atoms with van der Waals surface area (Å²) in [6, 6.07) is 15.7. The fraction of sp³-hybridized carbons (Fsp3) is 0.310. The van der Waals surface area contributed by atoms with Gasteiger partial charge in [-0.25, -0.2) is 28.2 Å². The second kappa shape index (κ2) is 11.6. The molecule has 0 aliphatic carbocycles. The summed E-state index contributed by atoms with van der Waals surface area (Å²) in [7, 11) is -2.03. The standard InChI is InChI=1S/C29H28F3N5O4S/c1-36-25(23-11-14-33-27(34-23)42(2,39)40)24(21-9-6-10-22(17-21)29(30,31)32)35-26(36)20-12-15-37(16-13-20)28(38)41-18-19-7-4-3-5-8-19/h3-11,14,17,20H,12-13,15-16,18H2,1-2H3. The normalized spacial score (nSPS) is 14.6. The lowest BCUT2D eigenvalue weighted by atomic mass is 9.96. The zero-order chi connectivity index (χ0) is 30.1. The molecule has 0 atom stereocenters. The number of benzene rings is 2. The average Bonchev–Trinajstić information content (AvgIpc) is 3.32. The van der Waals surface area contributed by atoms with Gasteiger partial charge in [0, 0.05) is 44.1 Å². The van der Waals surface area contributed by atoms with Gasteiger partial charge in [0.25, 0.3) is 0 Å². The number of imidazole rings is 1. The highest BCUT2D eigenvalue weighted by Gasteiger charge is 2.33. The summed E-state index contributed by atoms with van der Waals surface area (Å²) >= 11 is 0. The first kappa shape index (κ1) is 29.2. The molecule has 1 aliphatic heterocycles. The van der Waals surface area contributed by atoms with Crippen molar-refractivity contribution >= 4 is 15.9 Å². The molecule has 1 amide bonds. The van der Waals surface area contributed by atoms with Crippen molar-refractivity contribution < 1.29 is 31.1 Å². The van der Waals surface area contributed by atoms with Crippen LogP contribution in [0.15, 0.2) is 72.0 Å². The Hall–Kier alpha value is -4.26. The summed E-state index contributed by atoms with van der Waals surface area (Å²) in [6.45, 7) is 0.979. The van der Waals surface area contributed by atoms with Crippen LogP contribution in [0.25, 0.3) is 22.6 Å². The minimum absolute atomic E-state index is 0.123. The largest absolute Gasteiger partial charge is 0.445 e. The number of halogens is 3. The lowest BCUT2D eigenvalue weighted by Gasteiger charge is -2.31. The van der Waals surface area contributed by atoms with Crippen LogP contribution in [0.5, 0.6) is 0 Å². The molecule has 1 fully saturated rings. The van der Waals surface area contributed by atoms with Gasteiger partial charge in [-0.05, 0) is 36.6 Å². The second-order valence-corrected chi connectivity index (χ2v) is 12.0. The van der Waals surface area contributed by atoms with Crippen molar-refractivity contribution in [2.75, 3.05) is 19.3 Å². The Morgan fingerprint density at radius 1 is 1.02 bits per heavy atom. The molecule has 220 valence electrons. The molecular weight excluding hydrogens is 571 g/mol. The number of sulfone groups is 1. The van der Waals surface area contributed by atoms with E-state index >= 15 is 0 Å². The van der Waals surface area contributed by atoms with Gasteiger partial charge in [-0.2, -0.15) is 13.2 Å². The maximum atomic E-state index is 13.6. The molecule has 5 rings (SSSR count). The maximum Gasteiger partial charge on any atom is 0.416 e. The van der Waals surface area contributed by atoms with E-state index in [2.05, 4.69) is 9.97 Å². The highest BCUT2D eigenvalue weighted by Crippen LogP contribution is 2.38. The van der Waals surface area contributed by atoms with Gasteiger partial charge in [-0.3, -0.25) is 0 Å². The molecule has 9 nitrogen and oxygen atoms in total. The number of amides is 1. The van der Waals surface area contributed by atoms with E-state index in [9.17, 15) is 26.4 Å². The number of piperidine rings is 1. The van der Waals surface area contributed by atoms with E-state index in [0.717, 1.165) is 24.0 Å². The maximum absolute atomic E-state index is 13.6. The molecule has 0 saturated carbocycles. The summed E-state index contributed by atoms with van der Waals surface area (Å²) < 4.78 is 72.2. The van der Waals surface area contributed by atoms with Gasteiger partial charge >= 0.3 is 12.3 Å². The van der Waals surface area contributed by atoms with Gasteiger partial charge in [0.15, 0.2) is 0 Å². The third kappa shape index (κ3) is 6.30. The minimum Gasteiger partial charge on any atom is -0.445 e. The summed E-state index contributed by atoms with van der Waals surface area (Å²) in [6.07, 6.45) is -1.62. The van der Waals surface area contributed by atoms with Gasteiger partial charge in [-0.15, -0.1) is 0 Å². The topological polar surface area (TPSA) is 107 Å². The summed E-state index contributed by atoms with van der Waals surface area (Å²) in [5, 5.41) is -0.403. The number of aromatic nitrogens is 4. The van der Waals surface area contributed by atoms with E-state index in [-0.39, 0.29) is 29.5 Å². The first-order valence-corrected chi connectivity index (χ1v) is 15.0. The van der Waals surface area contributed by atoms with Crippen molar-refractivity contribution in [2.24, 2.45) is 7.05 Å².